The van der Waals surface area contributed by atoms with Crippen LogP contribution in [-0.4, -0.2) is 56.7 Å². The van der Waals surface area contributed by atoms with Gasteiger partial charge in [0, 0.05) is 51.4 Å². The van der Waals surface area contributed by atoms with E-state index in [9.17, 15) is 9.59 Å². The highest BCUT2D eigenvalue weighted by molar-refractivity contribution is 5.94. The maximum Gasteiger partial charge on any atom is 0.321 e. The number of carbonyl (C=O) groups excluding carboxylic acids is 2. The van der Waals surface area contributed by atoms with Gasteiger partial charge in [0.1, 0.15) is 5.75 Å². The number of carbonyl (C=O) groups is 2. The van der Waals surface area contributed by atoms with Gasteiger partial charge in [-0.15, -0.1) is 0 Å². The molecule has 29 heavy (non-hydrogen) atoms. The zero-order valence-corrected chi connectivity index (χ0v) is 16.8. The van der Waals surface area contributed by atoms with Crippen molar-refractivity contribution in [3.05, 3.63) is 60.2 Å². The highest BCUT2D eigenvalue weighted by Crippen LogP contribution is 2.20. The topological polar surface area (TPSA) is 73.9 Å². The van der Waals surface area contributed by atoms with Crippen LogP contribution in [0.3, 0.4) is 0 Å². The van der Waals surface area contributed by atoms with E-state index >= 15 is 0 Å². The number of methoxy groups -OCH3 is 1. The van der Waals surface area contributed by atoms with Gasteiger partial charge in [0.05, 0.1) is 7.11 Å². The fraction of sp³-hybridized carbons (Fsp3) is 0.364. The molecule has 3 amide bonds. The third kappa shape index (κ3) is 6.50. The number of piperazine rings is 1. The SMILES string of the molecule is COc1ccc(N2CCN(CCC(=O)NC(=O)NCc3ccccc3)CC2)cc1. The van der Waals surface area contributed by atoms with Crippen LogP contribution in [-0.2, 0) is 11.3 Å². The van der Waals surface area contributed by atoms with Crippen molar-refractivity contribution in [3.63, 3.8) is 0 Å². The first kappa shape index (κ1) is 20.7. The molecule has 154 valence electrons. The number of rotatable bonds is 7. The first-order valence-electron chi connectivity index (χ1n) is 9.87. The molecular formula is C22H28N4O3. The van der Waals surface area contributed by atoms with Crippen molar-refractivity contribution >= 4 is 17.6 Å². The number of imide groups is 1. The van der Waals surface area contributed by atoms with E-state index in [1.807, 2.05) is 42.5 Å². The molecule has 1 saturated heterocycles. The van der Waals surface area contributed by atoms with E-state index in [1.165, 1.54) is 5.69 Å². The van der Waals surface area contributed by atoms with E-state index in [-0.39, 0.29) is 5.91 Å². The summed E-state index contributed by atoms with van der Waals surface area (Å²) in [6.07, 6.45) is 0.307. The van der Waals surface area contributed by atoms with Crippen LogP contribution in [0.4, 0.5) is 10.5 Å². The van der Waals surface area contributed by atoms with E-state index < -0.39 is 6.03 Å². The molecule has 0 aliphatic carbocycles. The Labute approximate surface area is 171 Å². The summed E-state index contributed by atoms with van der Waals surface area (Å²) in [5, 5.41) is 5.10. The van der Waals surface area contributed by atoms with Crippen molar-refractivity contribution in [2.24, 2.45) is 0 Å². The van der Waals surface area contributed by atoms with Crippen molar-refractivity contribution in [2.45, 2.75) is 13.0 Å². The van der Waals surface area contributed by atoms with Gasteiger partial charge in [0.15, 0.2) is 0 Å². The predicted molar refractivity (Wildman–Crippen MR) is 113 cm³/mol. The molecule has 7 heteroatoms. The van der Waals surface area contributed by atoms with Crippen LogP contribution < -0.4 is 20.3 Å². The highest BCUT2D eigenvalue weighted by atomic mass is 16.5. The molecule has 0 atom stereocenters. The van der Waals surface area contributed by atoms with Crippen molar-refractivity contribution in [1.29, 1.82) is 0 Å². The summed E-state index contributed by atoms with van der Waals surface area (Å²) in [4.78, 5) is 28.5. The van der Waals surface area contributed by atoms with E-state index in [1.54, 1.807) is 7.11 Å². The summed E-state index contributed by atoms with van der Waals surface area (Å²) in [5.41, 5.74) is 2.17. The molecule has 0 aromatic heterocycles. The molecule has 1 aliphatic rings. The van der Waals surface area contributed by atoms with Gasteiger partial charge in [0.2, 0.25) is 5.91 Å². The van der Waals surface area contributed by atoms with E-state index in [0.29, 0.717) is 19.5 Å². The number of nitrogens with one attached hydrogen (secondary N) is 2. The smallest absolute Gasteiger partial charge is 0.321 e. The maximum absolute atomic E-state index is 12.0. The minimum atomic E-state index is -0.455. The molecule has 2 N–H and O–H groups in total. The fourth-order valence-corrected chi connectivity index (χ4v) is 3.29. The number of nitrogens with zero attached hydrogens (tertiary/aromatic N) is 2. The van der Waals surface area contributed by atoms with Crippen LogP contribution in [0.25, 0.3) is 0 Å². The van der Waals surface area contributed by atoms with Crippen LogP contribution in [0.15, 0.2) is 54.6 Å². The Kier molecular flexibility index (Phi) is 7.47. The molecule has 1 aliphatic heterocycles. The first-order valence-corrected chi connectivity index (χ1v) is 9.87. The average Bonchev–Trinajstić information content (AvgIpc) is 2.77. The second kappa shape index (κ2) is 10.5. The Hall–Kier alpha value is -3.06. The van der Waals surface area contributed by atoms with Gasteiger partial charge in [-0.3, -0.25) is 15.0 Å². The Bertz CT molecular complexity index is 787. The molecule has 0 bridgehead atoms. The van der Waals surface area contributed by atoms with Gasteiger partial charge in [-0.25, -0.2) is 4.79 Å². The summed E-state index contributed by atoms with van der Waals surface area (Å²) >= 11 is 0. The second-order valence-corrected chi connectivity index (χ2v) is 6.99. The molecule has 1 fully saturated rings. The Morgan fingerprint density at radius 1 is 0.966 bits per heavy atom. The lowest BCUT2D eigenvalue weighted by Crippen LogP contribution is -2.47. The summed E-state index contributed by atoms with van der Waals surface area (Å²) in [6, 6.07) is 17.2. The summed E-state index contributed by atoms with van der Waals surface area (Å²) in [6.45, 7) is 4.64. The zero-order valence-electron chi connectivity index (χ0n) is 16.8. The van der Waals surface area contributed by atoms with E-state index in [2.05, 4.69) is 32.6 Å². The molecular weight excluding hydrogens is 368 g/mol. The molecule has 7 nitrogen and oxygen atoms in total. The van der Waals surface area contributed by atoms with Crippen LogP contribution in [0.2, 0.25) is 0 Å². The Morgan fingerprint density at radius 2 is 1.66 bits per heavy atom. The summed E-state index contributed by atoms with van der Waals surface area (Å²) in [5.74, 6) is 0.597. The van der Waals surface area contributed by atoms with Crippen LogP contribution in [0.1, 0.15) is 12.0 Å². The maximum atomic E-state index is 12.0. The zero-order chi connectivity index (χ0) is 20.5. The molecule has 0 saturated carbocycles. The quantitative estimate of drug-likeness (QED) is 0.751. The summed E-state index contributed by atoms with van der Waals surface area (Å²) in [7, 11) is 1.66. The normalized spacial score (nSPS) is 14.3. The largest absolute Gasteiger partial charge is 0.497 e. The molecule has 0 radical (unpaired) electrons. The monoisotopic (exact) mass is 396 g/mol. The first-order chi connectivity index (χ1) is 14.1. The van der Waals surface area contributed by atoms with Crippen LogP contribution in [0.5, 0.6) is 5.75 Å². The number of urea groups is 1. The van der Waals surface area contributed by atoms with E-state index in [4.69, 9.17) is 4.74 Å². The minimum absolute atomic E-state index is 0.256. The van der Waals surface area contributed by atoms with Crippen molar-refractivity contribution in [1.82, 2.24) is 15.5 Å². The van der Waals surface area contributed by atoms with Gasteiger partial charge < -0.3 is 15.0 Å². The number of ether oxygens (including phenoxy) is 1. The molecule has 2 aromatic rings. The van der Waals surface area contributed by atoms with Crippen LogP contribution in [0, 0.1) is 0 Å². The van der Waals surface area contributed by atoms with Crippen molar-refractivity contribution in [3.8, 4) is 5.75 Å². The lowest BCUT2D eigenvalue weighted by molar-refractivity contribution is -0.120. The standard InChI is InChI=1S/C22H28N4O3/c1-29-20-9-7-19(8-10-20)26-15-13-25(14-16-26)12-11-21(27)24-22(28)23-17-18-5-3-2-4-6-18/h2-10H,11-17H2,1H3,(H2,23,24,27,28). The van der Waals surface area contributed by atoms with Crippen LogP contribution >= 0.6 is 0 Å². The van der Waals surface area contributed by atoms with Gasteiger partial charge in [-0.05, 0) is 29.8 Å². The number of benzene rings is 2. The molecule has 1 heterocycles. The highest BCUT2D eigenvalue weighted by Gasteiger charge is 2.18. The van der Waals surface area contributed by atoms with Crippen molar-refractivity contribution in [2.75, 3.05) is 44.7 Å². The third-order valence-corrected chi connectivity index (χ3v) is 5.01. The average molecular weight is 396 g/mol. The minimum Gasteiger partial charge on any atom is -0.497 e. The molecule has 3 rings (SSSR count). The molecule has 0 unspecified atom stereocenters. The van der Waals surface area contributed by atoms with E-state index in [0.717, 1.165) is 37.5 Å². The lowest BCUT2D eigenvalue weighted by Gasteiger charge is -2.36. The Balaban J connectivity index is 1.33. The van der Waals surface area contributed by atoms with Gasteiger partial charge in [-0.1, -0.05) is 30.3 Å². The molecule has 0 spiro atoms. The predicted octanol–water partition coefficient (Wildman–Crippen LogP) is 2.23. The lowest BCUT2D eigenvalue weighted by atomic mass is 10.2. The fourth-order valence-electron chi connectivity index (χ4n) is 3.29. The van der Waals surface area contributed by atoms with Gasteiger partial charge in [-0.2, -0.15) is 0 Å². The number of anilines is 1. The van der Waals surface area contributed by atoms with Crippen molar-refractivity contribution < 1.29 is 14.3 Å². The van der Waals surface area contributed by atoms with Gasteiger partial charge in [0.25, 0.3) is 0 Å². The summed E-state index contributed by atoms with van der Waals surface area (Å²) < 4.78 is 5.20. The molecule has 2 aromatic carbocycles. The number of amides is 3. The van der Waals surface area contributed by atoms with Gasteiger partial charge >= 0.3 is 6.03 Å². The second-order valence-electron chi connectivity index (χ2n) is 6.99. The number of hydrogen-bond acceptors (Lipinski definition) is 5. The number of hydrogen-bond donors (Lipinski definition) is 2. The Morgan fingerprint density at radius 3 is 2.31 bits per heavy atom. The third-order valence-electron chi connectivity index (χ3n) is 5.01.